The average Bonchev–Trinajstić information content (AvgIpc) is 2.60. The molecule has 142 valence electrons. The van der Waals surface area contributed by atoms with Crippen molar-refractivity contribution in [3.8, 4) is 6.07 Å². The number of nitriles is 1. The molecule has 0 bridgehead atoms. The Morgan fingerprint density at radius 1 is 1.22 bits per heavy atom. The summed E-state index contributed by atoms with van der Waals surface area (Å²) in [5.74, 6) is -1.10. The van der Waals surface area contributed by atoms with Crippen molar-refractivity contribution < 1.29 is 31.1 Å². The van der Waals surface area contributed by atoms with E-state index in [4.69, 9.17) is 10.00 Å². The number of carbonyl (C=O) groups is 1. The number of alkyl halides is 3. The molecule has 0 saturated heterocycles. The lowest BCUT2D eigenvalue weighted by Crippen LogP contribution is -2.32. The minimum Gasteiger partial charge on any atom is -0.380 e. The largest absolute Gasteiger partial charge is 0.417 e. The number of hydrogen-bond donors (Lipinski definition) is 1. The van der Waals surface area contributed by atoms with Crippen molar-refractivity contribution in [1.29, 1.82) is 5.26 Å². The molecule has 1 N–H and O–H groups in total. The second kappa shape index (κ2) is 7.77. The quantitative estimate of drug-likeness (QED) is 0.836. The zero-order valence-electron chi connectivity index (χ0n) is 13.9. The van der Waals surface area contributed by atoms with Gasteiger partial charge in [0.15, 0.2) is 0 Å². The number of carbonyl (C=O) groups excluding carboxylic acids is 1. The van der Waals surface area contributed by atoms with Crippen molar-refractivity contribution in [2.45, 2.75) is 17.7 Å². The summed E-state index contributed by atoms with van der Waals surface area (Å²) in [5, 5.41) is 8.75. The molecular formula is C17H13F3N2O4S. The predicted molar refractivity (Wildman–Crippen MR) is 88.0 cm³/mol. The maximum atomic E-state index is 13.2. The van der Waals surface area contributed by atoms with E-state index in [2.05, 4.69) is 0 Å². The Labute approximate surface area is 153 Å². The Morgan fingerprint density at radius 3 is 2.48 bits per heavy atom. The molecule has 0 radical (unpaired) electrons. The number of ether oxygens (including phenoxy) is 1. The first-order chi connectivity index (χ1) is 12.6. The van der Waals surface area contributed by atoms with Gasteiger partial charge < -0.3 is 4.74 Å². The number of rotatable bonds is 5. The smallest absolute Gasteiger partial charge is 0.380 e. The molecule has 27 heavy (non-hydrogen) atoms. The van der Waals surface area contributed by atoms with Gasteiger partial charge in [0, 0.05) is 12.7 Å². The summed E-state index contributed by atoms with van der Waals surface area (Å²) in [6, 6.07) is 9.40. The van der Waals surface area contributed by atoms with Gasteiger partial charge in [-0.3, -0.25) is 4.79 Å². The molecule has 10 heteroatoms. The van der Waals surface area contributed by atoms with Gasteiger partial charge in [-0.2, -0.15) is 18.4 Å². The number of benzene rings is 2. The summed E-state index contributed by atoms with van der Waals surface area (Å²) in [6.45, 7) is 0.00824. The molecule has 0 fully saturated rings. The monoisotopic (exact) mass is 398 g/mol. The molecule has 1 amide bonds. The topological polar surface area (TPSA) is 96.3 Å². The van der Waals surface area contributed by atoms with E-state index in [1.54, 1.807) is 10.8 Å². The van der Waals surface area contributed by atoms with Crippen molar-refractivity contribution in [1.82, 2.24) is 4.72 Å². The summed E-state index contributed by atoms with van der Waals surface area (Å²) in [5.41, 5.74) is -1.58. The minimum absolute atomic E-state index is 0.00824. The second-order valence-corrected chi connectivity index (χ2v) is 7.00. The van der Waals surface area contributed by atoms with Gasteiger partial charge in [-0.1, -0.05) is 18.2 Å². The summed E-state index contributed by atoms with van der Waals surface area (Å²) in [6.07, 6.45) is -5.03. The van der Waals surface area contributed by atoms with Crippen molar-refractivity contribution in [2.24, 2.45) is 0 Å². The second-order valence-electron chi connectivity index (χ2n) is 5.35. The van der Waals surface area contributed by atoms with Crippen LogP contribution in [0.15, 0.2) is 47.4 Å². The van der Waals surface area contributed by atoms with Crippen LogP contribution in [-0.4, -0.2) is 21.4 Å². The summed E-state index contributed by atoms with van der Waals surface area (Å²) in [4.78, 5) is 11.2. The fourth-order valence-corrected chi connectivity index (χ4v) is 3.49. The first kappa shape index (κ1) is 20.4. The summed E-state index contributed by atoms with van der Waals surface area (Å²) in [7, 11) is -3.48. The Bertz CT molecular complexity index is 1010. The minimum atomic E-state index is -5.03. The Kier molecular flexibility index (Phi) is 5.88. The van der Waals surface area contributed by atoms with Crippen molar-refractivity contribution in [3.63, 3.8) is 0 Å². The number of amides is 1. The Hall–Kier alpha value is -2.90. The molecule has 0 aliphatic heterocycles. The van der Waals surface area contributed by atoms with Crippen LogP contribution in [-0.2, 0) is 27.5 Å². The normalized spacial score (nSPS) is 11.7. The van der Waals surface area contributed by atoms with E-state index in [0.29, 0.717) is 17.7 Å². The van der Waals surface area contributed by atoms with E-state index >= 15 is 0 Å². The highest BCUT2D eigenvalue weighted by Crippen LogP contribution is 2.34. The third-order valence-electron chi connectivity index (χ3n) is 3.49. The molecule has 2 aromatic rings. The van der Waals surface area contributed by atoms with Crippen LogP contribution in [0.25, 0.3) is 0 Å². The Morgan fingerprint density at radius 2 is 1.89 bits per heavy atom. The highest BCUT2D eigenvalue weighted by atomic mass is 32.2. The molecule has 0 atom stereocenters. The number of nitrogens with one attached hydrogen (secondary N) is 1. The van der Waals surface area contributed by atoms with Gasteiger partial charge in [0.1, 0.15) is 0 Å². The fraction of sp³-hybridized carbons (Fsp3) is 0.176. The zero-order chi connectivity index (χ0) is 20.2. The van der Waals surface area contributed by atoms with E-state index < -0.39 is 32.6 Å². The molecule has 6 nitrogen and oxygen atoms in total. The van der Waals surface area contributed by atoms with Crippen molar-refractivity contribution >= 4 is 15.9 Å². The first-order valence-corrected chi connectivity index (χ1v) is 8.84. The fourth-order valence-electron chi connectivity index (χ4n) is 2.31. The number of nitrogens with zero attached hydrogens (tertiary/aromatic N) is 1. The van der Waals surface area contributed by atoms with Crippen molar-refractivity contribution in [2.75, 3.05) is 7.11 Å². The van der Waals surface area contributed by atoms with Crippen molar-refractivity contribution in [3.05, 3.63) is 64.7 Å². The lowest BCUT2D eigenvalue weighted by atomic mass is 10.1. The number of halogens is 3. The SMILES string of the molecule is COCc1ccccc1C(=O)NS(=O)(=O)c1ccc(C#N)cc1C(F)(F)F. The summed E-state index contributed by atoms with van der Waals surface area (Å²) < 4.78 is 71.0. The average molecular weight is 398 g/mol. The van der Waals surface area contributed by atoms with Crippen LogP contribution in [0.5, 0.6) is 0 Å². The van der Waals surface area contributed by atoms with Gasteiger partial charge in [0.2, 0.25) is 0 Å². The first-order valence-electron chi connectivity index (χ1n) is 7.35. The van der Waals surface area contributed by atoms with Gasteiger partial charge >= 0.3 is 6.18 Å². The predicted octanol–water partition coefficient (Wildman–Crippen LogP) is 2.84. The molecule has 0 spiro atoms. The molecule has 2 rings (SSSR count). The van der Waals surface area contributed by atoms with Crippen LogP contribution < -0.4 is 4.72 Å². The van der Waals surface area contributed by atoms with Gasteiger partial charge in [-0.15, -0.1) is 0 Å². The van der Waals surface area contributed by atoms with Crippen LogP contribution in [0.3, 0.4) is 0 Å². The zero-order valence-corrected chi connectivity index (χ0v) is 14.7. The molecule has 0 unspecified atom stereocenters. The van der Waals surface area contributed by atoms with Crippen LogP contribution >= 0.6 is 0 Å². The number of sulfonamides is 1. The highest BCUT2D eigenvalue weighted by Gasteiger charge is 2.38. The summed E-state index contributed by atoms with van der Waals surface area (Å²) >= 11 is 0. The van der Waals surface area contributed by atoms with E-state index in [-0.39, 0.29) is 17.7 Å². The molecular weight excluding hydrogens is 385 g/mol. The standard InChI is InChI=1S/C17H13F3N2O4S/c1-26-10-12-4-2-3-5-13(12)16(23)22-27(24,25)15-7-6-11(9-21)8-14(15)17(18,19)20/h2-8H,10H2,1H3,(H,22,23). The Balaban J connectivity index is 2.46. The molecule has 2 aromatic carbocycles. The maximum absolute atomic E-state index is 13.2. The molecule has 0 aliphatic rings. The number of methoxy groups -OCH3 is 1. The van der Waals surface area contributed by atoms with Crippen LogP contribution in [0.1, 0.15) is 27.0 Å². The lowest BCUT2D eigenvalue weighted by Gasteiger charge is -2.15. The third-order valence-corrected chi connectivity index (χ3v) is 4.88. The molecule has 0 saturated carbocycles. The van der Waals surface area contributed by atoms with Crippen LogP contribution in [0.4, 0.5) is 13.2 Å². The molecule has 0 aliphatic carbocycles. The van der Waals surface area contributed by atoms with Gasteiger partial charge in [0.05, 0.1) is 28.7 Å². The van der Waals surface area contributed by atoms with Crippen LogP contribution in [0, 0.1) is 11.3 Å². The van der Waals surface area contributed by atoms with E-state index in [9.17, 15) is 26.4 Å². The van der Waals surface area contributed by atoms with Crippen LogP contribution in [0.2, 0.25) is 0 Å². The number of hydrogen-bond acceptors (Lipinski definition) is 5. The third kappa shape index (κ3) is 4.64. The van der Waals surface area contributed by atoms with Gasteiger partial charge in [-0.25, -0.2) is 13.1 Å². The lowest BCUT2D eigenvalue weighted by molar-refractivity contribution is -0.139. The van der Waals surface area contributed by atoms with Gasteiger partial charge in [0.25, 0.3) is 15.9 Å². The van der Waals surface area contributed by atoms with E-state index in [1.807, 2.05) is 0 Å². The molecule has 0 aromatic heterocycles. The maximum Gasteiger partial charge on any atom is 0.417 e. The van der Waals surface area contributed by atoms with E-state index in [1.165, 1.54) is 31.4 Å². The van der Waals surface area contributed by atoms with E-state index in [0.717, 1.165) is 6.07 Å². The highest BCUT2D eigenvalue weighted by molar-refractivity contribution is 7.90. The van der Waals surface area contributed by atoms with Gasteiger partial charge in [-0.05, 0) is 29.8 Å². The molecule has 0 heterocycles.